The third-order valence-corrected chi connectivity index (χ3v) is 1.81. The van der Waals surface area contributed by atoms with Crippen molar-refractivity contribution in [2.75, 3.05) is 0 Å². The van der Waals surface area contributed by atoms with Crippen LogP contribution in [0.15, 0.2) is 12.7 Å². The summed E-state index contributed by atoms with van der Waals surface area (Å²) in [6.07, 6.45) is 3.23. The molecule has 1 aliphatic rings. The first kappa shape index (κ1) is 7.32. The van der Waals surface area contributed by atoms with E-state index in [2.05, 4.69) is 6.58 Å². The van der Waals surface area contributed by atoms with Crippen LogP contribution >= 0.6 is 0 Å². The summed E-state index contributed by atoms with van der Waals surface area (Å²) >= 11 is 0. The Morgan fingerprint density at radius 2 is 2.60 bits per heavy atom. The number of hydrogen-bond donors (Lipinski definition) is 0. The molecule has 1 heterocycles. The molecule has 1 rings (SSSR count). The standard InChI is InChI=1S/C8H12O2/c1-3-4-7-6(2)5-8(9)10-7/h3,6-7H,1,4-5H2,2H3/t6-,7-/m1/s1. The van der Waals surface area contributed by atoms with Gasteiger partial charge < -0.3 is 4.74 Å². The normalized spacial score (nSPS) is 31.9. The van der Waals surface area contributed by atoms with Crippen LogP contribution in [0.3, 0.4) is 0 Å². The fourth-order valence-electron chi connectivity index (χ4n) is 1.17. The van der Waals surface area contributed by atoms with Gasteiger partial charge in [-0.15, -0.1) is 6.58 Å². The summed E-state index contributed by atoms with van der Waals surface area (Å²) in [5, 5.41) is 0. The van der Waals surface area contributed by atoms with Crippen molar-refractivity contribution in [1.82, 2.24) is 0 Å². The molecular weight excluding hydrogens is 128 g/mol. The molecule has 0 saturated carbocycles. The van der Waals surface area contributed by atoms with E-state index in [0.29, 0.717) is 12.3 Å². The SMILES string of the molecule is C=CC[C@H]1OC(=O)C[C@H]1C. The van der Waals surface area contributed by atoms with Crippen molar-refractivity contribution >= 4 is 5.97 Å². The van der Waals surface area contributed by atoms with Crippen LogP contribution in [0.4, 0.5) is 0 Å². The van der Waals surface area contributed by atoms with E-state index in [1.165, 1.54) is 0 Å². The zero-order chi connectivity index (χ0) is 7.56. The lowest BCUT2D eigenvalue weighted by atomic mass is 10.0. The minimum absolute atomic E-state index is 0.0700. The second-order valence-electron chi connectivity index (χ2n) is 2.73. The first-order valence-electron chi connectivity index (χ1n) is 3.54. The van der Waals surface area contributed by atoms with E-state index >= 15 is 0 Å². The molecule has 0 aromatic rings. The fraction of sp³-hybridized carbons (Fsp3) is 0.625. The molecule has 0 radical (unpaired) electrons. The van der Waals surface area contributed by atoms with Crippen molar-refractivity contribution in [1.29, 1.82) is 0 Å². The summed E-state index contributed by atoms with van der Waals surface area (Å²) in [7, 11) is 0. The topological polar surface area (TPSA) is 26.3 Å². The van der Waals surface area contributed by atoms with Crippen molar-refractivity contribution in [3.05, 3.63) is 12.7 Å². The van der Waals surface area contributed by atoms with Crippen molar-refractivity contribution in [2.45, 2.75) is 25.9 Å². The summed E-state index contributed by atoms with van der Waals surface area (Å²) < 4.78 is 5.00. The van der Waals surface area contributed by atoms with Gasteiger partial charge in [-0.1, -0.05) is 13.0 Å². The van der Waals surface area contributed by atoms with Crippen LogP contribution < -0.4 is 0 Å². The molecule has 0 aliphatic carbocycles. The molecule has 0 unspecified atom stereocenters. The van der Waals surface area contributed by atoms with Gasteiger partial charge in [0.25, 0.3) is 0 Å². The highest BCUT2D eigenvalue weighted by molar-refractivity contribution is 5.72. The number of carbonyl (C=O) groups excluding carboxylic acids is 1. The Balaban J connectivity index is 2.45. The van der Waals surface area contributed by atoms with E-state index in [-0.39, 0.29) is 12.1 Å². The highest BCUT2D eigenvalue weighted by Crippen LogP contribution is 2.23. The van der Waals surface area contributed by atoms with Crippen molar-refractivity contribution in [3.8, 4) is 0 Å². The molecule has 10 heavy (non-hydrogen) atoms. The maximum absolute atomic E-state index is 10.7. The van der Waals surface area contributed by atoms with Gasteiger partial charge in [-0.2, -0.15) is 0 Å². The van der Waals surface area contributed by atoms with Crippen molar-refractivity contribution in [2.24, 2.45) is 5.92 Å². The zero-order valence-corrected chi connectivity index (χ0v) is 6.17. The van der Waals surface area contributed by atoms with Crippen LogP contribution in [0.25, 0.3) is 0 Å². The lowest BCUT2D eigenvalue weighted by molar-refractivity contribution is -0.141. The number of esters is 1. The predicted molar refractivity (Wildman–Crippen MR) is 38.5 cm³/mol. The second-order valence-corrected chi connectivity index (χ2v) is 2.73. The van der Waals surface area contributed by atoms with E-state index < -0.39 is 0 Å². The smallest absolute Gasteiger partial charge is 0.306 e. The molecule has 0 amide bonds. The Labute approximate surface area is 60.9 Å². The predicted octanol–water partition coefficient (Wildman–Crippen LogP) is 1.51. The van der Waals surface area contributed by atoms with Gasteiger partial charge in [0.05, 0.1) is 6.42 Å². The van der Waals surface area contributed by atoms with Gasteiger partial charge in [0.2, 0.25) is 0 Å². The summed E-state index contributed by atoms with van der Waals surface area (Å²) in [6.45, 7) is 5.62. The summed E-state index contributed by atoms with van der Waals surface area (Å²) in [6, 6.07) is 0. The van der Waals surface area contributed by atoms with Crippen LogP contribution in [-0.2, 0) is 9.53 Å². The maximum Gasteiger partial charge on any atom is 0.306 e. The van der Waals surface area contributed by atoms with Gasteiger partial charge in [0.1, 0.15) is 6.10 Å². The fourth-order valence-corrected chi connectivity index (χ4v) is 1.17. The molecule has 0 bridgehead atoms. The molecule has 0 spiro atoms. The Morgan fingerprint density at radius 3 is 3.00 bits per heavy atom. The first-order valence-corrected chi connectivity index (χ1v) is 3.54. The quantitative estimate of drug-likeness (QED) is 0.429. The summed E-state index contributed by atoms with van der Waals surface area (Å²) in [5.41, 5.74) is 0. The average molecular weight is 140 g/mol. The summed E-state index contributed by atoms with van der Waals surface area (Å²) in [4.78, 5) is 10.7. The van der Waals surface area contributed by atoms with E-state index in [0.717, 1.165) is 6.42 Å². The largest absolute Gasteiger partial charge is 0.462 e. The van der Waals surface area contributed by atoms with Gasteiger partial charge in [0.15, 0.2) is 0 Å². The summed E-state index contributed by atoms with van der Waals surface area (Å²) in [5.74, 6) is 0.296. The van der Waals surface area contributed by atoms with Crippen LogP contribution in [-0.4, -0.2) is 12.1 Å². The van der Waals surface area contributed by atoms with E-state index in [9.17, 15) is 4.79 Å². The maximum atomic E-state index is 10.7. The van der Waals surface area contributed by atoms with E-state index in [1.807, 2.05) is 6.92 Å². The Hall–Kier alpha value is -0.790. The molecule has 56 valence electrons. The minimum Gasteiger partial charge on any atom is -0.462 e. The molecule has 2 nitrogen and oxygen atoms in total. The van der Waals surface area contributed by atoms with Crippen molar-refractivity contribution in [3.63, 3.8) is 0 Å². The monoisotopic (exact) mass is 140 g/mol. The third kappa shape index (κ3) is 1.38. The van der Waals surface area contributed by atoms with Crippen LogP contribution in [0, 0.1) is 5.92 Å². The van der Waals surface area contributed by atoms with Crippen molar-refractivity contribution < 1.29 is 9.53 Å². The van der Waals surface area contributed by atoms with Gasteiger partial charge in [0, 0.05) is 12.3 Å². The average Bonchev–Trinajstić information content (AvgIpc) is 2.13. The Morgan fingerprint density at radius 1 is 1.90 bits per heavy atom. The van der Waals surface area contributed by atoms with Crippen LogP contribution in [0.2, 0.25) is 0 Å². The molecule has 0 aromatic carbocycles. The number of ether oxygens (including phenoxy) is 1. The lowest BCUT2D eigenvalue weighted by Crippen LogP contribution is -2.11. The van der Waals surface area contributed by atoms with Crippen LogP contribution in [0.5, 0.6) is 0 Å². The first-order chi connectivity index (χ1) is 4.74. The number of carbonyl (C=O) groups is 1. The molecule has 2 heteroatoms. The zero-order valence-electron chi connectivity index (χ0n) is 6.17. The highest BCUT2D eigenvalue weighted by atomic mass is 16.5. The molecule has 2 atom stereocenters. The van der Waals surface area contributed by atoms with Gasteiger partial charge in [-0.3, -0.25) is 4.79 Å². The number of cyclic esters (lactones) is 1. The molecule has 1 fully saturated rings. The second kappa shape index (κ2) is 2.86. The highest BCUT2D eigenvalue weighted by Gasteiger charge is 2.29. The Bertz CT molecular complexity index is 151. The number of rotatable bonds is 2. The van der Waals surface area contributed by atoms with Crippen LogP contribution in [0.1, 0.15) is 19.8 Å². The van der Waals surface area contributed by atoms with Gasteiger partial charge in [-0.05, 0) is 0 Å². The molecule has 1 aliphatic heterocycles. The molecule has 1 saturated heterocycles. The molecular formula is C8H12O2. The van der Waals surface area contributed by atoms with E-state index in [1.54, 1.807) is 6.08 Å². The Kier molecular flexibility index (Phi) is 2.10. The molecule has 0 aromatic heterocycles. The molecule has 0 N–H and O–H groups in total. The number of hydrogen-bond acceptors (Lipinski definition) is 2. The lowest BCUT2D eigenvalue weighted by Gasteiger charge is -2.09. The van der Waals surface area contributed by atoms with E-state index in [4.69, 9.17) is 4.74 Å². The van der Waals surface area contributed by atoms with Gasteiger partial charge in [-0.25, -0.2) is 0 Å². The minimum atomic E-state index is -0.0700. The third-order valence-electron chi connectivity index (χ3n) is 1.81. The van der Waals surface area contributed by atoms with Gasteiger partial charge >= 0.3 is 5.97 Å².